The van der Waals surface area contributed by atoms with Crippen molar-refractivity contribution < 1.29 is 5.11 Å². The first kappa shape index (κ1) is 9.19. The van der Waals surface area contributed by atoms with Gasteiger partial charge in [-0.3, -0.25) is 0 Å². The Balaban J connectivity index is 2.60. The van der Waals surface area contributed by atoms with E-state index in [4.69, 9.17) is 10.8 Å². The van der Waals surface area contributed by atoms with Crippen molar-refractivity contribution in [3.63, 3.8) is 0 Å². The van der Waals surface area contributed by atoms with Crippen molar-refractivity contribution in [2.45, 2.75) is 12.5 Å². The van der Waals surface area contributed by atoms with Gasteiger partial charge < -0.3 is 10.8 Å². The smallest absolute Gasteiger partial charge is 0.0701 e. The van der Waals surface area contributed by atoms with Crippen LogP contribution in [0.4, 0.5) is 0 Å². The lowest BCUT2D eigenvalue weighted by atomic mass is 10.2. The third-order valence-corrected chi connectivity index (χ3v) is 3.16. The first-order valence-corrected chi connectivity index (χ1v) is 4.96. The second kappa shape index (κ2) is 4.21. The lowest BCUT2D eigenvalue weighted by Crippen LogP contribution is -2.09. The highest BCUT2D eigenvalue weighted by Gasteiger charge is 2.06. The fourth-order valence-electron chi connectivity index (χ4n) is 0.809. The number of aliphatic hydroxyl groups excluding tert-OH is 1. The molecule has 62 valence electrons. The molecule has 0 amide bonds. The molecule has 2 nitrogen and oxygen atoms in total. The molecule has 11 heavy (non-hydrogen) atoms. The monoisotopic (exact) mass is 235 g/mol. The lowest BCUT2D eigenvalue weighted by molar-refractivity contribution is 0.277. The van der Waals surface area contributed by atoms with Crippen LogP contribution in [0.3, 0.4) is 0 Å². The van der Waals surface area contributed by atoms with E-state index in [1.54, 1.807) is 11.3 Å². The van der Waals surface area contributed by atoms with E-state index < -0.39 is 0 Å². The molecule has 1 aromatic rings. The zero-order chi connectivity index (χ0) is 8.27. The summed E-state index contributed by atoms with van der Waals surface area (Å²) in [6, 6.07) is 3.93. The third-order valence-electron chi connectivity index (χ3n) is 1.40. The van der Waals surface area contributed by atoms with Crippen LogP contribution in [0, 0.1) is 0 Å². The van der Waals surface area contributed by atoms with E-state index in [9.17, 15) is 0 Å². The van der Waals surface area contributed by atoms with Crippen molar-refractivity contribution in [1.29, 1.82) is 0 Å². The molecule has 1 aromatic heterocycles. The molecule has 0 fully saturated rings. The second-order valence-corrected chi connectivity index (χ2v) is 4.76. The van der Waals surface area contributed by atoms with Crippen LogP contribution in [0.15, 0.2) is 15.9 Å². The molecule has 0 bridgehead atoms. The molecular weight excluding hydrogens is 226 g/mol. The maximum absolute atomic E-state index is 8.62. The summed E-state index contributed by atoms with van der Waals surface area (Å²) < 4.78 is 1.08. The van der Waals surface area contributed by atoms with Crippen LogP contribution >= 0.6 is 27.3 Å². The molecular formula is C7H10BrNOS. The predicted octanol–water partition coefficient (Wildman–Crippen LogP) is 1.89. The quantitative estimate of drug-likeness (QED) is 0.841. The molecule has 0 radical (unpaired) electrons. The second-order valence-electron chi connectivity index (χ2n) is 2.26. The summed E-state index contributed by atoms with van der Waals surface area (Å²) in [6.07, 6.45) is 0.632. The van der Waals surface area contributed by atoms with Crippen molar-refractivity contribution >= 4 is 27.3 Å². The van der Waals surface area contributed by atoms with Gasteiger partial charge >= 0.3 is 0 Å². The van der Waals surface area contributed by atoms with E-state index in [0.29, 0.717) is 6.42 Å². The van der Waals surface area contributed by atoms with E-state index in [0.717, 1.165) is 8.66 Å². The van der Waals surface area contributed by atoms with Crippen LogP contribution in [0.2, 0.25) is 0 Å². The van der Waals surface area contributed by atoms with Gasteiger partial charge in [0.2, 0.25) is 0 Å². The van der Waals surface area contributed by atoms with E-state index in [-0.39, 0.29) is 12.6 Å². The number of aliphatic hydroxyl groups is 1. The molecule has 1 heterocycles. The Morgan fingerprint density at radius 2 is 2.36 bits per heavy atom. The summed E-state index contributed by atoms with van der Waals surface area (Å²) in [4.78, 5) is 1.12. The summed E-state index contributed by atoms with van der Waals surface area (Å²) in [5.41, 5.74) is 5.75. The molecule has 3 N–H and O–H groups in total. The van der Waals surface area contributed by atoms with E-state index >= 15 is 0 Å². The summed E-state index contributed by atoms with van der Waals surface area (Å²) >= 11 is 4.97. The predicted molar refractivity (Wildman–Crippen MR) is 50.7 cm³/mol. The van der Waals surface area contributed by atoms with Gasteiger partial charge in [-0.15, -0.1) is 11.3 Å². The maximum Gasteiger partial charge on any atom is 0.0701 e. The van der Waals surface area contributed by atoms with Crippen LogP contribution in [0.5, 0.6) is 0 Å². The zero-order valence-electron chi connectivity index (χ0n) is 5.96. The number of rotatable bonds is 3. The number of halogens is 1. The Morgan fingerprint density at radius 1 is 1.64 bits per heavy atom. The van der Waals surface area contributed by atoms with Crippen LogP contribution in [-0.2, 0) is 0 Å². The van der Waals surface area contributed by atoms with Gasteiger partial charge in [0, 0.05) is 17.5 Å². The first-order valence-electron chi connectivity index (χ1n) is 3.35. The Bertz CT molecular complexity index is 226. The molecule has 1 rings (SSSR count). The van der Waals surface area contributed by atoms with Crippen LogP contribution < -0.4 is 5.73 Å². The normalized spacial score (nSPS) is 13.4. The van der Waals surface area contributed by atoms with Crippen molar-refractivity contribution in [2.24, 2.45) is 5.73 Å². The number of hydrogen-bond acceptors (Lipinski definition) is 3. The highest BCUT2D eigenvalue weighted by molar-refractivity contribution is 9.11. The van der Waals surface area contributed by atoms with E-state index in [1.165, 1.54) is 0 Å². The molecule has 0 aliphatic heterocycles. The summed E-state index contributed by atoms with van der Waals surface area (Å²) in [6.45, 7) is 0.149. The molecule has 0 saturated heterocycles. The van der Waals surface area contributed by atoms with Crippen LogP contribution in [-0.4, -0.2) is 11.7 Å². The summed E-state index contributed by atoms with van der Waals surface area (Å²) in [5.74, 6) is 0. The van der Waals surface area contributed by atoms with E-state index in [1.807, 2.05) is 12.1 Å². The summed E-state index contributed by atoms with van der Waals surface area (Å²) in [7, 11) is 0. The molecule has 0 aromatic carbocycles. The topological polar surface area (TPSA) is 46.2 Å². The molecule has 0 unspecified atom stereocenters. The van der Waals surface area contributed by atoms with Crippen LogP contribution in [0.1, 0.15) is 17.3 Å². The molecule has 0 saturated carbocycles. The fourth-order valence-corrected chi connectivity index (χ4v) is 2.27. The van der Waals surface area contributed by atoms with Crippen molar-refractivity contribution in [2.75, 3.05) is 6.61 Å². The minimum absolute atomic E-state index is 0.0173. The largest absolute Gasteiger partial charge is 0.396 e. The third kappa shape index (κ3) is 2.56. The molecule has 0 aliphatic carbocycles. The van der Waals surface area contributed by atoms with Crippen LogP contribution in [0.25, 0.3) is 0 Å². The number of thiophene rings is 1. The molecule has 4 heteroatoms. The average Bonchev–Trinajstić information content (AvgIpc) is 2.36. The Kier molecular flexibility index (Phi) is 3.51. The molecule has 1 atom stereocenters. The Labute approximate surface area is 78.2 Å². The number of nitrogens with two attached hydrogens (primary N) is 1. The first-order chi connectivity index (χ1) is 5.24. The molecule has 0 spiro atoms. The van der Waals surface area contributed by atoms with Gasteiger partial charge in [0.25, 0.3) is 0 Å². The van der Waals surface area contributed by atoms with Crippen molar-refractivity contribution in [3.8, 4) is 0 Å². The fraction of sp³-hybridized carbons (Fsp3) is 0.429. The Hall–Kier alpha value is 0.1000. The van der Waals surface area contributed by atoms with Gasteiger partial charge in [-0.05, 0) is 34.5 Å². The van der Waals surface area contributed by atoms with Gasteiger partial charge in [-0.25, -0.2) is 0 Å². The highest BCUT2D eigenvalue weighted by Crippen LogP contribution is 2.27. The minimum atomic E-state index is -0.0173. The van der Waals surface area contributed by atoms with Gasteiger partial charge in [-0.1, -0.05) is 0 Å². The van der Waals surface area contributed by atoms with Gasteiger partial charge in [-0.2, -0.15) is 0 Å². The van der Waals surface area contributed by atoms with Gasteiger partial charge in [0.05, 0.1) is 3.79 Å². The zero-order valence-corrected chi connectivity index (χ0v) is 8.36. The van der Waals surface area contributed by atoms with E-state index in [2.05, 4.69) is 15.9 Å². The lowest BCUT2D eigenvalue weighted by Gasteiger charge is -2.05. The van der Waals surface area contributed by atoms with Crippen molar-refractivity contribution in [1.82, 2.24) is 0 Å². The number of hydrogen-bond donors (Lipinski definition) is 2. The minimum Gasteiger partial charge on any atom is -0.396 e. The van der Waals surface area contributed by atoms with Gasteiger partial charge in [0.15, 0.2) is 0 Å². The van der Waals surface area contributed by atoms with Gasteiger partial charge in [0.1, 0.15) is 0 Å². The Morgan fingerprint density at radius 3 is 2.82 bits per heavy atom. The van der Waals surface area contributed by atoms with Crippen molar-refractivity contribution in [3.05, 3.63) is 20.8 Å². The molecule has 0 aliphatic rings. The summed E-state index contributed by atoms with van der Waals surface area (Å²) in [5, 5.41) is 8.62. The average molecular weight is 236 g/mol. The highest BCUT2D eigenvalue weighted by atomic mass is 79.9. The SMILES string of the molecule is N[C@@H](CCO)c1ccc(Br)s1. The maximum atomic E-state index is 8.62. The standard InChI is InChI=1S/C7H10BrNOS/c8-7-2-1-6(11-7)5(9)3-4-10/h1-2,5,10H,3-4,9H2/t5-/m0/s1.